The molecule has 3 nitrogen and oxygen atoms in total. The summed E-state index contributed by atoms with van der Waals surface area (Å²) in [6.07, 6.45) is 5.35. The Bertz CT molecular complexity index is 336. The van der Waals surface area contributed by atoms with Crippen LogP contribution in [0.4, 0.5) is 10.1 Å². The number of aromatic nitrogens is 1. The van der Waals surface area contributed by atoms with Gasteiger partial charge >= 0.3 is 0 Å². The van der Waals surface area contributed by atoms with Gasteiger partial charge in [0.2, 0.25) is 0 Å². The fourth-order valence-electron chi connectivity index (χ4n) is 1.49. The summed E-state index contributed by atoms with van der Waals surface area (Å²) in [6.45, 7) is 0. The minimum Gasteiger partial charge on any atom is -0.364 e. The van der Waals surface area contributed by atoms with E-state index in [0.717, 1.165) is 5.69 Å². The third kappa shape index (κ3) is 1.84. The van der Waals surface area contributed by atoms with E-state index in [0.29, 0.717) is 6.42 Å². The van der Waals surface area contributed by atoms with Crippen LogP contribution in [0.25, 0.3) is 0 Å². The third-order valence-corrected chi connectivity index (χ3v) is 2.22. The van der Waals surface area contributed by atoms with Crippen LogP contribution < -0.4 is 5.32 Å². The molecule has 1 aliphatic heterocycles. The summed E-state index contributed by atoms with van der Waals surface area (Å²) < 4.78 is 12.9. The van der Waals surface area contributed by atoms with Gasteiger partial charge in [-0.1, -0.05) is 0 Å². The minimum absolute atomic E-state index is 0.000741. The first-order chi connectivity index (χ1) is 6.75. The van der Waals surface area contributed by atoms with E-state index in [1.165, 1.54) is 6.20 Å². The molecule has 1 atom stereocenters. The first kappa shape index (κ1) is 8.99. The first-order valence-electron chi connectivity index (χ1n) is 4.50. The number of rotatable bonds is 2. The summed E-state index contributed by atoms with van der Waals surface area (Å²) in [6, 6.07) is 3.76. The normalized spacial score (nSPS) is 20.9. The van der Waals surface area contributed by atoms with Crippen LogP contribution in [0.15, 0.2) is 36.6 Å². The number of nitrogens with zero attached hydrogens (tertiary/aromatic N) is 2. The van der Waals surface area contributed by atoms with Crippen molar-refractivity contribution in [3.05, 3.63) is 36.6 Å². The fraction of sp³-hybridized carbons (Fsp3) is 0.300. The third-order valence-electron chi connectivity index (χ3n) is 2.22. The number of hydrogen-bond donors (Lipinski definition) is 1. The standard InChI is InChI=1S/C10H12FN3/c1-14-7-8(11)5-10(14)13-9-3-2-4-12-6-9/h2-4,6-7,10,13H,5H2,1H3. The van der Waals surface area contributed by atoms with Gasteiger partial charge in [0.25, 0.3) is 0 Å². The van der Waals surface area contributed by atoms with Gasteiger partial charge in [0.1, 0.15) is 12.0 Å². The maximum absolute atomic E-state index is 12.9. The van der Waals surface area contributed by atoms with Crippen molar-refractivity contribution in [2.45, 2.75) is 12.6 Å². The minimum atomic E-state index is -0.0890. The van der Waals surface area contributed by atoms with E-state index in [4.69, 9.17) is 0 Å². The molecule has 1 unspecified atom stereocenters. The molecule has 0 radical (unpaired) electrons. The van der Waals surface area contributed by atoms with Gasteiger partial charge in [-0.3, -0.25) is 4.98 Å². The number of hydrogen-bond acceptors (Lipinski definition) is 3. The fourth-order valence-corrected chi connectivity index (χ4v) is 1.49. The van der Waals surface area contributed by atoms with Crippen molar-refractivity contribution in [3.63, 3.8) is 0 Å². The second kappa shape index (κ2) is 3.65. The molecule has 0 saturated carbocycles. The molecule has 0 spiro atoms. The van der Waals surface area contributed by atoms with Gasteiger partial charge in [0, 0.05) is 32.1 Å². The van der Waals surface area contributed by atoms with Crippen LogP contribution in [0.3, 0.4) is 0 Å². The number of pyridine rings is 1. The van der Waals surface area contributed by atoms with Crippen LogP contribution in [0, 0.1) is 0 Å². The Morgan fingerprint density at radius 2 is 2.50 bits per heavy atom. The lowest BCUT2D eigenvalue weighted by Crippen LogP contribution is -2.30. The Labute approximate surface area is 82.3 Å². The molecular formula is C10H12FN3. The molecule has 0 saturated heterocycles. The van der Waals surface area contributed by atoms with Crippen LogP contribution >= 0.6 is 0 Å². The van der Waals surface area contributed by atoms with E-state index in [1.807, 2.05) is 24.1 Å². The Morgan fingerprint density at radius 3 is 3.07 bits per heavy atom. The van der Waals surface area contributed by atoms with Crippen molar-refractivity contribution in [2.24, 2.45) is 0 Å². The van der Waals surface area contributed by atoms with Crippen molar-refractivity contribution >= 4 is 5.69 Å². The largest absolute Gasteiger partial charge is 0.364 e. The SMILES string of the molecule is CN1C=C(F)CC1Nc1cccnc1. The highest BCUT2D eigenvalue weighted by atomic mass is 19.1. The lowest BCUT2D eigenvalue weighted by atomic mass is 10.3. The van der Waals surface area contributed by atoms with Gasteiger partial charge in [0.15, 0.2) is 0 Å². The zero-order valence-electron chi connectivity index (χ0n) is 7.94. The van der Waals surface area contributed by atoms with Gasteiger partial charge in [-0.25, -0.2) is 4.39 Å². The molecule has 2 rings (SSSR count). The van der Waals surface area contributed by atoms with E-state index >= 15 is 0 Å². The number of anilines is 1. The van der Waals surface area contributed by atoms with Gasteiger partial charge in [-0.2, -0.15) is 0 Å². The average molecular weight is 193 g/mol. The predicted octanol–water partition coefficient (Wildman–Crippen LogP) is 1.97. The molecule has 0 amide bonds. The lowest BCUT2D eigenvalue weighted by Gasteiger charge is -2.22. The molecule has 0 aromatic carbocycles. The van der Waals surface area contributed by atoms with E-state index in [-0.39, 0.29) is 12.0 Å². The van der Waals surface area contributed by atoms with Gasteiger partial charge in [-0.05, 0) is 12.1 Å². The summed E-state index contributed by atoms with van der Waals surface area (Å²) >= 11 is 0. The Morgan fingerprint density at radius 1 is 1.64 bits per heavy atom. The smallest absolute Gasteiger partial charge is 0.120 e. The molecule has 14 heavy (non-hydrogen) atoms. The van der Waals surface area contributed by atoms with Crippen LogP contribution in [-0.2, 0) is 0 Å². The van der Waals surface area contributed by atoms with Crippen molar-refractivity contribution < 1.29 is 4.39 Å². The molecule has 2 heterocycles. The molecule has 1 aromatic rings. The summed E-state index contributed by atoms with van der Waals surface area (Å²) in [5.41, 5.74) is 0.910. The monoisotopic (exact) mass is 193 g/mol. The molecule has 74 valence electrons. The molecule has 0 fully saturated rings. The van der Waals surface area contributed by atoms with Crippen molar-refractivity contribution in [1.82, 2.24) is 9.88 Å². The lowest BCUT2D eigenvalue weighted by molar-refractivity contribution is 0.389. The molecule has 1 N–H and O–H groups in total. The zero-order valence-corrected chi connectivity index (χ0v) is 7.94. The second-order valence-electron chi connectivity index (χ2n) is 3.35. The Hall–Kier alpha value is -1.58. The molecule has 1 aliphatic rings. The first-order valence-corrected chi connectivity index (χ1v) is 4.50. The second-order valence-corrected chi connectivity index (χ2v) is 3.35. The van der Waals surface area contributed by atoms with Gasteiger partial charge in [0.05, 0.1) is 5.69 Å². The van der Waals surface area contributed by atoms with Crippen molar-refractivity contribution in [2.75, 3.05) is 12.4 Å². The number of halogens is 1. The van der Waals surface area contributed by atoms with E-state index in [9.17, 15) is 4.39 Å². The van der Waals surface area contributed by atoms with Crippen molar-refractivity contribution in [1.29, 1.82) is 0 Å². The molecule has 0 bridgehead atoms. The summed E-state index contributed by atoms with van der Waals surface area (Å²) in [5, 5.41) is 3.19. The Balaban J connectivity index is 2.00. The van der Waals surface area contributed by atoms with E-state index in [1.54, 1.807) is 12.4 Å². The van der Waals surface area contributed by atoms with E-state index < -0.39 is 0 Å². The zero-order chi connectivity index (χ0) is 9.97. The quantitative estimate of drug-likeness (QED) is 0.778. The van der Waals surface area contributed by atoms with Crippen molar-refractivity contribution in [3.8, 4) is 0 Å². The van der Waals surface area contributed by atoms with Gasteiger partial charge < -0.3 is 10.2 Å². The molecule has 4 heteroatoms. The highest BCUT2D eigenvalue weighted by Gasteiger charge is 2.21. The summed E-state index contributed by atoms with van der Waals surface area (Å²) in [7, 11) is 1.85. The van der Waals surface area contributed by atoms with Gasteiger partial charge in [-0.15, -0.1) is 0 Å². The van der Waals surface area contributed by atoms with Crippen LogP contribution in [0.1, 0.15) is 6.42 Å². The Kier molecular flexibility index (Phi) is 2.35. The van der Waals surface area contributed by atoms with Crippen LogP contribution in [-0.4, -0.2) is 23.1 Å². The number of nitrogens with one attached hydrogen (secondary N) is 1. The van der Waals surface area contributed by atoms with E-state index in [2.05, 4.69) is 10.3 Å². The summed E-state index contributed by atoms with van der Waals surface area (Å²) in [5.74, 6) is -0.0890. The van der Waals surface area contributed by atoms with Crippen LogP contribution in [0.2, 0.25) is 0 Å². The molecule has 1 aromatic heterocycles. The highest BCUT2D eigenvalue weighted by molar-refractivity contribution is 5.41. The van der Waals surface area contributed by atoms with Crippen LogP contribution in [0.5, 0.6) is 0 Å². The highest BCUT2D eigenvalue weighted by Crippen LogP contribution is 2.21. The topological polar surface area (TPSA) is 28.2 Å². The molecular weight excluding hydrogens is 181 g/mol. The predicted molar refractivity (Wildman–Crippen MR) is 53.2 cm³/mol. The maximum Gasteiger partial charge on any atom is 0.120 e. The molecule has 0 aliphatic carbocycles. The summed E-state index contributed by atoms with van der Waals surface area (Å²) in [4.78, 5) is 5.80. The maximum atomic E-state index is 12.9. The average Bonchev–Trinajstić information content (AvgIpc) is 2.47.